The van der Waals surface area contributed by atoms with E-state index < -0.39 is 53.1 Å². The first-order valence-corrected chi connectivity index (χ1v) is 13.0. The Morgan fingerprint density at radius 1 is 1.00 bits per heavy atom. The lowest BCUT2D eigenvalue weighted by atomic mass is 9.85. The molecule has 2 aliphatic carbocycles. The van der Waals surface area contributed by atoms with Gasteiger partial charge in [-0.25, -0.2) is 4.79 Å². The van der Waals surface area contributed by atoms with Gasteiger partial charge in [0.25, 0.3) is 5.91 Å². The summed E-state index contributed by atoms with van der Waals surface area (Å²) in [5.74, 6) is -2.84. The Bertz CT molecular complexity index is 938. The van der Waals surface area contributed by atoms with Gasteiger partial charge in [0, 0.05) is 19.6 Å². The summed E-state index contributed by atoms with van der Waals surface area (Å²) in [6, 6.07) is -3.24. The van der Waals surface area contributed by atoms with Gasteiger partial charge in [-0.1, -0.05) is 33.6 Å². The Kier molecular flexibility index (Phi) is 8.80. The van der Waals surface area contributed by atoms with Crippen molar-refractivity contribution in [3.63, 3.8) is 0 Å². The number of nitrogens with one attached hydrogen (secondary N) is 3. The fourth-order valence-electron chi connectivity index (χ4n) is 4.60. The second kappa shape index (κ2) is 11.5. The molecule has 6 amide bonds. The van der Waals surface area contributed by atoms with Gasteiger partial charge in [-0.3, -0.25) is 24.0 Å². The van der Waals surface area contributed by atoms with Gasteiger partial charge in [-0.2, -0.15) is 0 Å². The van der Waals surface area contributed by atoms with Crippen LogP contribution in [0.15, 0.2) is 0 Å². The number of carbonyl (C=O) groups excluding carboxylic acids is 6. The van der Waals surface area contributed by atoms with E-state index in [4.69, 9.17) is 5.73 Å². The summed E-state index contributed by atoms with van der Waals surface area (Å²) >= 11 is 0. The number of nitrogens with zero attached hydrogens (tertiary/aromatic N) is 2. The Balaban J connectivity index is 1.63. The van der Waals surface area contributed by atoms with Crippen molar-refractivity contribution in [1.29, 1.82) is 0 Å². The van der Waals surface area contributed by atoms with Gasteiger partial charge in [0.1, 0.15) is 12.1 Å². The van der Waals surface area contributed by atoms with Crippen LogP contribution in [0.25, 0.3) is 0 Å². The summed E-state index contributed by atoms with van der Waals surface area (Å²) in [5.41, 5.74) is 4.48. The number of rotatable bonds is 11. The zero-order valence-electron chi connectivity index (χ0n) is 22.2. The van der Waals surface area contributed by atoms with Crippen LogP contribution >= 0.6 is 0 Å². The van der Waals surface area contributed by atoms with Crippen LogP contribution in [0.5, 0.6) is 0 Å². The van der Waals surface area contributed by atoms with E-state index in [2.05, 4.69) is 16.0 Å². The standard InChI is InChI=1S/C25H40N6O6/c1-25(2,3)20(29-24(37)27-13-18(32)30(4)15-9-10-15)23(36)31-11-5-6-17(31)22(35)28-16(12-14-7-8-14)19(33)21(26)34/h14-17,20H,5-13H2,1-4H3,(H2,26,34)(H,28,35)(H2,27,29,37). The summed E-state index contributed by atoms with van der Waals surface area (Å²) in [6.45, 7) is 5.52. The fourth-order valence-corrected chi connectivity index (χ4v) is 4.60. The summed E-state index contributed by atoms with van der Waals surface area (Å²) in [6.07, 6.45) is 5.08. The number of likely N-dealkylation sites (N-methyl/N-ethyl adjacent to an activating group) is 1. The van der Waals surface area contributed by atoms with Gasteiger partial charge in [-0.15, -0.1) is 0 Å². The van der Waals surface area contributed by atoms with Crippen molar-refractivity contribution in [1.82, 2.24) is 25.8 Å². The SMILES string of the molecule is CN(C(=O)CNC(=O)NC(C(=O)N1CCCC1C(=O)NC(CC1CC1)C(=O)C(N)=O)C(C)(C)C)C1CC1. The molecule has 206 valence electrons. The first-order chi connectivity index (χ1) is 17.3. The molecular formula is C25H40N6O6. The number of primary amides is 1. The highest BCUT2D eigenvalue weighted by molar-refractivity contribution is 6.37. The van der Waals surface area contributed by atoms with E-state index in [1.54, 1.807) is 32.7 Å². The number of hydrogen-bond donors (Lipinski definition) is 4. The van der Waals surface area contributed by atoms with Crippen molar-refractivity contribution in [2.24, 2.45) is 17.1 Å². The minimum absolute atomic E-state index is 0.186. The first kappa shape index (κ1) is 28.4. The maximum Gasteiger partial charge on any atom is 0.315 e. The van der Waals surface area contributed by atoms with Gasteiger partial charge in [0.2, 0.25) is 23.5 Å². The molecule has 0 spiro atoms. The molecule has 12 nitrogen and oxygen atoms in total. The molecule has 3 rings (SSSR count). The molecule has 3 fully saturated rings. The minimum atomic E-state index is -1.10. The predicted octanol–water partition coefficient (Wildman–Crippen LogP) is -0.349. The Morgan fingerprint density at radius 2 is 1.65 bits per heavy atom. The molecule has 12 heteroatoms. The Labute approximate surface area is 217 Å². The van der Waals surface area contributed by atoms with Crippen molar-refractivity contribution < 1.29 is 28.8 Å². The van der Waals surface area contributed by atoms with Gasteiger partial charge >= 0.3 is 6.03 Å². The number of amides is 6. The van der Waals surface area contributed by atoms with E-state index in [0.29, 0.717) is 25.8 Å². The molecule has 2 saturated carbocycles. The molecule has 0 radical (unpaired) electrons. The third-order valence-electron chi connectivity index (χ3n) is 7.26. The fraction of sp³-hybridized carbons (Fsp3) is 0.760. The quantitative estimate of drug-likeness (QED) is 0.271. The molecule has 1 heterocycles. The van der Waals surface area contributed by atoms with E-state index in [9.17, 15) is 28.8 Å². The van der Waals surface area contributed by atoms with Crippen LogP contribution in [-0.2, 0) is 24.0 Å². The van der Waals surface area contributed by atoms with Crippen molar-refractivity contribution in [2.45, 2.75) is 89.9 Å². The Hall–Kier alpha value is -3.18. The Morgan fingerprint density at radius 3 is 2.19 bits per heavy atom. The third kappa shape index (κ3) is 7.65. The number of ketones is 1. The maximum atomic E-state index is 13.6. The number of urea groups is 1. The number of Topliss-reactive ketones (excluding diaryl/α,β-unsaturated/α-hetero) is 1. The van der Waals surface area contributed by atoms with Crippen LogP contribution in [0.2, 0.25) is 0 Å². The van der Waals surface area contributed by atoms with Crippen molar-refractivity contribution in [2.75, 3.05) is 20.1 Å². The predicted molar refractivity (Wildman–Crippen MR) is 134 cm³/mol. The maximum absolute atomic E-state index is 13.6. The highest BCUT2D eigenvalue weighted by Crippen LogP contribution is 2.34. The largest absolute Gasteiger partial charge is 0.363 e. The highest BCUT2D eigenvalue weighted by Gasteiger charge is 2.43. The molecule has 0 aromatic rings. The zero-order chi connectivity index (χ0) is 27.5. The molecule has 1 saturated heterocycles. The zero-order valence-corrected chi connectivity index (χ0v) is 22.2. The number of nitrogens with two attached hydrogens (primary N) is 1. The second-order valence-corrected chi connectivity index (χ2v) is 11.5. The van der Waals surface area contributed by atoms with Gasteiger partial charge < -0.3 is 31.5 Å². The van der Waals surface area contributed by atoms with Crippen LogP contribution in [0.1, 0.15) is 65.7 Å². The molecule has 5 N–H and O–H groups in total. The first-order valence-electron chi connectivity index (χ1n) is 13.0. The molecule has 3 aliphatic rings. The lowest BCUT2D eigenvalue weighted by Crippen LogP contribution is -2.60. The lowest BCUT2D eigenvalue weighted by molar-refractivity contribution is -0.143. The van der Waals surface area contributed by atoms with Gasteiger partial charge in [-0.05, 0) is 43.4 Å². The topological polar surface area (TPSA) is 171 Å². The van der Waals surface area contributed by atoms with Crippen molar-refractivity contribution >= 4 is 35.4 Å². The van der Waals surface area contributed by atoms with Gasteiger partial charge in [0.05, 0.1) is 12.6 Å². The summed E-state index contributed by atoms with van der Waals surface area (Å²) in [4.78, 5) is 78.4. The van der Waals surface area contributed by atoms with Crippen LogP contribution in [0.3, 0.4) is 0 Å². The normalized spacial score (nSPS) is 21.0. The highest BCUT2D eigenvalue weighted by atomic mass is 16.2. The molecule has 1 aliphatic heterocycles. The van der Waals surface area contributed by atoms with E-state index >= 15 is 0 Å². The molecule has 3 atom stereocenters. The number of carbonyl (C=O) groups is 6. The van der Waals surface area contributed by atoms with Crippen LogP contribution < -0.4 is 21.7 Å². The smallest absolute Gasteiger partial charge is 0.315 e. The van der Waals surface area contributed by atoms with Crippen LogP contribution in [-0.4, -0.2) is 89.5 Å². The van der Waals surface area contributed by atoms with Crippen molar-refractivity contribution in [3.05, 3.63) is 0 Å². The lowest BCUT2D eigenvalue weighted by Gasteiger charge is -2.35. The van der Waals surface area contributed by atoms with E-state index in [1.807, 2.05) is 0 Å². The molecule has 3 unspecified atom stereocenters. The summed E-state index contributed by atoms with van der Waals surface area (Å²) < 4.78 is 0. The van der Waals surface area contributed by atoms with Crippen LogP contribution in [0, 0.1) is 11.3 Å². The average Bonchev–Trinajstić information content (AvgIpc) is 3.76. The van der Waals surface area contributed by atoms with Gasteiger partial charge in [0.15, 0.2) is 0 Å². The second-order valence-electron chi connectivity index (χ2n) is 11.5. The monoisotopic (exact) mass is 520 g/mol. The molecule has 37 heavy (non-hydrogen) atoms. The average molecular weight is 521 g/mol. The third-order valence-corrected chi connectivity index (χ3v) is 7.26. The number of likely N-dealkylation sites (tertiary alicyclic amines) is 1. The minimum Gasteiger partial charge on any atom is -0.363 e. The van der Waals surface area contributed by atoms with E-state index in [1.165, 1.54) is 4.90 Å². The van der Waals surface area contributed by atoms with E-state index in [0.717, 1.165) is 25.7 Å². The van der Waals surface area contributed by atoms with Crippen LogP contribution in [0.4, 0.5) is 4.79 Å². The van der Waals surface area contributed by atoms with E-state index in [-0.39, 0.29) is 24.4 Å². The molecule has 0 aromatic heterocycles. The summed E-state index contributed by atoms with van der Waals surface area (Å²) in [5, 5.41) is 7.86. The van der Waals surface area contributed by atoms with Crippen molar-refractivity contribution in [3.8, 4) is 0 Å². The number of hydrogen-bond acceptors (Lipinski definition) is 6. The molecule has 0 bridgehead atoms. The molecule has 0 aromatic carbocycles. The molecular weight excluding hydrogens is 480 g/mol. The summed E-state index contributed by atoms with van der Waals surface area (Å²) in [7, 11) is 1.70.